The van der Waals surface area contributed by atoms with Gasteiger partial charge in [-0.2, -0.15) is 0 Å². The molecule has 0 fully saturated rings. The van der Waals surface area contributed by atoms with Crippen molar-refractivity contribution in [2.24, 2.45) is 0 Å². The second-order valence-corrected chi connectivity index (χ2v) is 5.20. The Bertz CT molecular complexity index is 305. The Morgan fingerprint density at radius 1 is 1.23 bits per heavy atom. The molecular weight excluding hydrogens is 172 g/mol. The van der Waals surface area contributed by atoms with Gasteiger partial charge >= 0.3 is 0 Å². The van der Waals surface area contributed by atoms with Crippen LogP contribution in [0, 0.1) is 6.92 Å². The topological polar surface area (TPSA) is 0 Å². The van der Waals surface area contributed by atoms with Crippen molar-refractivity contribution in [2.75, 3.05) is 0 Å². The van der Waals surface area contributed by atoms with Crippen LogP contribution in [0.4, 0.5) is 0 Å². The Balaban J connectivity index is 2.86. The maximum Gasteiger partial charge on any atom is 0.0362 e. The van der Waals surface area contributed by atoms with E-state index in [2.05, 4.69) is 67.4 Å². The summed E-state index contributed by atoms with van der Waals surface area (Å²) in [6.07, 6.45) is 4.31. The lowest BCUT2D eigenvalue weighted by atomic mass is 10.1. The van der Waals surface area contributed by atoms with Gasteiger partial charge in [0.05, 0.1) is 0 Å². The molecule has 0 spiro atoms. The minimum atomic E-state index is 0.0717. The Kier molecular flexibility index (Phi) is 3.10. The number of rotatable bonds is 2. The van der Waals surface area contributed by atoms with Gasteiger partial charge in [-0.3, -0.25) is 0 Å². The molecule has 0 atom stereocenters. The Hall–Kier alpha value is -0.823. The fourth-order valence-electron chi connectivity index (χ4n) is 1.07. The second kappa shape index (κ2) is 3.92. The summed E-state index contributed by atoms with van der Waals surface area (Å²) in [6.45, 7) is 6.37. The summed E-state index contributed by atoms with van der Waals surface area (Å²) in [7, 11) is 3.62. The normalized spacial score (nSPS) is 12.3. The van der Waals surface area contributed by atoms with E-state index in [4.69, 9.17) is 0 Å². The number of aryl methyl sites for hydroxylation is 1. The first-order valence-corrected chi connectivity index (χ1v) is 4.99. The Morgan fingerprint density at radius 3 is 2.38 bits per heavy atom. The molecule has 67 valence electrons. The molecule has 0 aliphatic carbocycles. The van der Waals surface area contributed by atoms with Crippen molar-refractivity contribution in [1.82, 2.24) is 0 Å². The highest BCUT2D eigenvalue weighted by Crippen LogP contribution is 2.22. The molecule has 3 radical (unpaired) electrons. The van der Waals surface area contributed by atoms with Crippen LogP contribution >= 0.6 is 0 Å². The summed E-state index contributed by atoms with van der Waals surface area (Å²) in [5.74, 6) is 0. The Morgan fingerprint density at radius 2 is 1.85 bits per heavy atom. The van der Waals surface area contributed by atoms with Crippen molar-refractivity contribution in [3.63, 3.8) is 0 Å². The lowest BCUT2D eigenvalue weighted by molar-refractivity contribution is 0.866. The lowest BCUT2D eigenvalue weighted by Gasteiger charge is -2.11. The van der Waals surface area contributed by atoms with Crippen LogP contribution < -0.4 is 0 Å². The van der Waals surface area contributed by atoms with E-state index in [1.54, 1.807) is 0 Å². The van der Waals surface area contributed by atoms with Crippen LogP contribution in [0.15, 0.2) is 30.3 Å². The summed E-state index contributed by atoms with van der Waals surface area (Å²) in [5.41, 5.74) is 2.60. The van der Waals surface area contributed by atoms with E-state index in [0.717, 1.165) is 0 Å². The van der Waals surface area contributed by atoms with Crippen molar-refractivity contribution in [2.45, 2.75) is 25.8 Å². The van der Waals surface area contributed by atoms with Gasteiger partial charge in [0, 0.05) is 10.2 Å². The standard InChI is InChI=1S/C12H15Si/c1-10-6-4-5-7-11(10)8-9-12(2,3)13/h4-9H,1-3H3. The van der Waals surface area contributed by atoms with Gasteiger partial charge in [0.2, 0.25) is 0 Å². The summed E-state index contributed by atoms with van der Waals surface area (Å²) in [6, 6.07) is 8.38. The monoisotopic (exact) mass is 187 g/mol. The molecule has 0 unspecified atom stereocenters. The molecular formula is C12H15Si. The molecule has 1 aromatic carbocycles. The van der Waals surface area contributed by atoms with Gasteiger partial charge in [-0.15, -0.1) is 0 Å². The number of benzene rings is 1. The molecule has 0 aliphatic heterocycles. The van der Waals surface area contributed by atoms with Crippen LogP contribution in [-0.2, 0) is 0 Å². The summed E-state index contributed by atoms with van der Waals surface area (Å²) in [4.78, 5) is 0. The van der Waals surface area contributed by atoms with Crippen molar-refractivity contribution < 1.29 is 0 Å². The predicted molar refractivity (Wildman–Crippen MR) is 60.0 cm³/mol. The zero-order valence-corrected chi connectivity index (χ0v) is 9.46. The highest BCUT2D eigenvalue weighted by atomic mass is 28.1. The van der Waals surface area contributed by atoms with Crippen molar-refractivity contribution in [3.8, 4) is 0 Å². The molecule has 0 nitrogen and oxygen atoms in total. The molecule has 0 amide bonds. The quantitative estimate of drug-likeness (QED) is 0.623. The van der Waals surface area contributed by atoms with E-state index >= 15 is 0 Å². The predicted octanol–water partition coefficient (Wildman–Crippen LogP) is 3.38. The van der Waals surface area contributed by atoms with E-state index in [1.807, 2.05) is 0 Å². The first-order chi connectivity index (χ1) is 5.99. The summed E-state index contributed by atoms with van der Waals surface area (Å²) < 4.78 is 0. The highest BCUT2D eigenvalue weighted by molar-refractivity contribution is 6.16. The first kappa shape index (κ1) is 10.3. The smallest absolute Gasteiger partial charge is 0.0362 e. The van der Waals surface area contributed by atoms with E-state index in [1.165, 1.54) is 11.1 Å². The molecule has 0 aromatic heterocycles. The van der Waals surface area contributed by atoms with E-state index in [0.29, 0.717) is 0 Å². The molecule has 0 N–H and O–H groups in total. The third kappa shape index (κ3) is 3.60. The molecule has 0 saturated carbocycles. The SMILES string of the molecule is Cc1ccccc1C=CC(C)(C)[Si]. The molecule has 0 bridgehead atoms. The van der Waals surface area contributed by atoms with Crippen LogP contribution in [0.5, 0.6) is 0 Å². The van der Waals surface area contributed by atoms with Gasteiger partial charge in [-0.25, -0.2) is 0 Å². The van der Waals surface area contributed by atoms with Gasteiger partial charge in [0.1, 0.15) is 0 Å². The van der Waals surface area contributed by atoms with Crippen LogP contribution in [0.3, 0.4) is 0 Å². The van der Waals surface area contributed by atoms with Crippen LogP contribution in [0.1, 0.15) is 25.0 Å². The van der Waals surface area contributed by atoms with Crippen molar-refractivity contribution in [3.05, 3.63) is 41.5 Å². The maximum atomic E-state index is 3.62. The number of hydrogen-bond acceptors (Lipinski definition) is 0. The van der Waals surface area contributed by atoms with Gasteiger partial charge < -0.3 is 0 Å². The zero-order chi connectivity index (χ0) is 9.90. The molecule has 1 heteroatoms. The van der Waals surface area contributed by atoms with Crippen LogP contribution in [-0.4, -0.2) is 10.2 Å². The molecule has 1 rings (SSSR count). The minimum absolute atomic E-state index is 0.0717. The zero-order valence-electron chi connectivity index (χ0n) is 8.46. The third-order valence-corrected chi connectivity index (χ3v) is 2.03. The summed E-state index contributed by atoms with van der Waals surface area (Å²) in [5, 5.41) is 0.0717. The third-order valence-electron chi connectivity index (χ3n) is 1.87. The minimum Gasteiger partial charge on any atom is -0.0818 e. The fourth-order valence-corrected chi connectivity index (χ4v) is 1.16. The first-order valence-electron chi connectivity index (χ1n) is 4.49. The summed E-state index contributed by atoms with van der Waals surface area (Å²) >= 11 is 0. The van der Waals surface area contributed by atoms with Crippen LogP contribution in [0.25, 0.3) is 6.08 Å². The average Bonchev–Trinajstić information content (AvgIpc) is 2.01. The number of hydrogen-bond donors (Lipinski definition) is 0. The lowest BCUT2D eigenvalue weighted by Crippen LogP contribution is -1.95. The van der Waals surface area contributed by atoms with Crippen LogP contribution in [0.2, 0.25) is 5.04 Å². The molecule has 0 heterocycles. The van der Waals surface area contributed by atoms with E-state index in [-0.39, 0.29) is 5.04 Å². The van der Waals surface area contributed by atoms with Gasteiger partial charge in [0.25, 0.3) is 0 Å². The fraction of sp³-hybridized carbons (Fsp3) is 0.333. The molecule has 0 saturated heterocycles. The van der Waals surface area contributed by atoms with Gasteiger partial charge in [-0.1, -0.05) is 50.3 Å². The van der Waals surface area contributed by atoms with Gasteiger partial charge in [0.15, 0.2) is 0 Å². The molecule has 0 aliphatic rings. The second-order valence-electron chi connectivity index (χ2n) is 3.91. The average molecular weight is 187 g/mol. The molecule has 13 heavy (non-hydrogen) atoms. The highest BCUT2D eigenvalue weighted by Gasteiger charge is 2.03. The van der Waals surface area contributed by atoms with Crippen molar-refractivity contribution >= 4 is 16.3 Å². The van der Waals surface area contributed by atoms with E-state index in [9.17, 15) is 0 Å². The number of allylic oxidation sites excluding steroid dienone is 1. The maximum absolute atomic E-state index is 3.62. The Labute approximate surface area is 84.1 Å². The largest absolute Gasteiger partial charge is 0.0818 e. The molecule has 1 aromatic rings. The van der Waals surface area contributed by atoms with Crippen molar-refractivity contribution in [1.29, 1.82) is 0 Å². The van der Waals surface area contributed by atoms with Gasteiger partial charge in [-0.05, 0) is 23.1 Å². The van der Waals surface area contributed by atoms with E-state index < -0.39 is 0 Å².